The Hall–Kier alpha value is -2.75. The fourth-order valence-corrected chi connectivity index (χ4v) is 2.93. The van der Waals surface area contributed by atoms with Gasteiger partial charge in [-0.25, -0.2) is 4.98 Å². The Morgan fingerprint density at radius 3 is 2.45 bits per heavy atom. The Balaban J connectivity index is 2.51. The van der Waals surface area contributed by atoms with Gasteiger partial charge in [0.05, 0.1) is 16.0 Å². The van der Waals surface area contributed by atoms with Crippen LogP contribution in [0.2, 0.25) is 0 Å². The van der Waals surface area contributed by atoms with Crippen molar-refractivity contribution in [3.05, 3.63) is 69.4 Å². The molecule has 0 saturated heterocycles. The number of aryl methyl sites for hydroxylation is 3. The van der Waals surface area contributed by atoms with E-state index < -0.39 is 0 Å². The van der Waals surface area contributed by atoms with Crippen molar-refractivity contribution in [2.24, 2.45) is 0 Å². The Kier molecular flexibility index (Phi) is 3.37. The number of nitrogens with zero attached hydrogens (tertiary/aromatic N) is 2. The summed E-state index contributed by atoms with van der Waals surface area (Å²) in [5.74, 6) is 0. The highest BCUT2D eigenvalue weighted by Gasteiger charge is 2.21. The average Bonchev–Trinajstić information content (AvgIpc) is 2.46. The van der Waals surface area contributed by atoms with E-state index in [9.17, 15) is 10.1 Å². The van der Waals surface area contributed by atoms with Crippen LogP contribution in [0.15, 0.2) is 42.6 Å². The molecule has 3 rings (SSSR count). The van der Waals surface area contributed by atoms with E-state index in [1.54, 1.807) is 0 Å². The van der Waals surface area contributed by atoms with Gasteiger partial charge in [0.1, 0.15) is 6.20 Å². The second kappa shape index (κ2) is 5.22. The maximum atomic E-state index is 11.5. The van der Waals surface area contributed by atoms with Crippen LogP contribution in [0.25, 0.3) is 22.0 Å². The van der Waals surface area contributed by atoms with Crippen LogP contribution < -0.4 is 0 Å². The third kappa shape index (κ3) is 2.22. The lowest BCUT2D eigenvalue weighted by atomic mass is 9.94. The predicted octanol–water partition coefficient (Wildman–Crippen LogP) is 4.74. The molecule has 0 bridgehead atoms. The number of hydrogen-bond acceptors (Lipinski definition) is 3. The lowest BCUT2D eigenvalue weighted by Crippen LogP contribution is -1.98. The fraction of sp³-hybridized carbons (Fsp3) is 0.167. The van der Waals surface area contributed by atoms with Gasteiger partial charge in [-0.3, -0.25) is 10.1 Å². The maximum Gasteiger partial charge on any atom is 0.295 e. The highest BCUT2D eigenvalue weighted by atomic mass is 16.6. The molecule has 0 aliphatic rings. The lowest BCUT2D eigenvalue weighted by molar-refractivity contribution is -0.384. The largest absolute Gasteiger partial charge is 0.295 e. The van der Waals surface area contributed by atoms with Gasteiger partial charge in [-0.05, 0) is 43.5 Å². The van der Waals surface area contributed by atoms with Gasteiger partial charge >= 0.3 is 0 Å². The summed E-state index contributed by atoms with van der Waals surface area (Å²) in [5, 5.41) is 12.3. The topological polar surface area (TPSA) is 56.0 Å². The first-order valence-corrected chi connectivity index (χ1v) is 7.09. The first kappa shape index (κ1) is 14.2. The van der Waals surface area contributed by atoms with Crippen molar-refractivity contribution >= 4 is 16.6 Å². The van der Waals surface area contributed by atoms with E-state index in [2.05, 4.69) is 4.98 Å². The Bertz CT molecular complexity index is 901. The predicted molar refractivity (Wildman–Crippen MR) is 88.0 cm³/mol. The lowest BCUT2D eigenvalue weighted by Gasteiger charge is -2.12. The fourth-order valence-electron chi connectivity index (χ4n) is 2.93. The Morgan fingerprint density at radius 1 is 1.05 bits per heavy atom. The quantitative estimate of drug-likeness (QED) is 0.506. The molecular formula is C18H16N2O2. The van der Waals surface area contributed by atoms with Crippen molar-refractivity contribution in [3.63, 3.8) is 0 Å². The first-order chi connectivity index (χ1) is 10.5. The van der Waals surface area contributed by atoms with Crippen LogP contribution >= 0.6 is 0 Å². The van der Waals surface area contributed by atoms with Crippen molar-refractivity contribution in [3.8, 4) is 11.1 Å². The SMILES string of the molecule is Cc1cc(C)c2ncc([N+](=O)[O-])c(-c3ccccc3C)c2c1. The molecule has 0 amide bonds. The zero-order valence-corrected chi connectivity index (χ0v) is 12.8. The van der Waals surface area contributed by atoms with E-state index >= 15 is 0 Å². The molecule has 22 heavy (non-hydrogen) atoms. The van der Waals surface area contributed by atoms with Crippen LogP contribution in [0.5, 0.6) is 0 Å². The Labute approximate surface area is 128 Å². The van der Waals surface area contributed by atoms with Crippen LogP contribution in [-0.2, 0) is 0 Å². The summed E-state index contributed by atoms with van der Waals surface area (Å²) in [6.45, 7) is 5.94. The standard InChI is InChI=1S/C18H16N2O2/c1-11-8-13(3)18-15(9-11)17(16(10-19-18)20(21)22)14-7-5-4-6-12(14)2/h4-10H,1-3H3. The zero-order valence-electron chi connectivity index (χ0n) is 12.8. The normalized spacial score (nSPS) is 10.9. The summed E-state index contributed by atoms with van der Waals surface area (Å²) < 4.78 is 0. The zero-order chi connectivity index (χ0) is 15.9. The number of nitro groups is 1. The van der Waals surface area contributed by atoms with Gasteiger partial charge in [-0.2, -0.15) is 0 Å². The summed E-state index contributed by atoms with van der Waals surface area (Å²) in [7, 11) is 0. The number of fused-ring (bicyclic) bond motifs is 1. The number of rotatable bonds is 2. The Morgan fingerprint density at radius 2 is 1.77 bits per heavy atom. The van der Waals surface area contributed by atoms with Crippen LogP contribution in [-0.4, -0.2) is 9.91 Å². The smallest absolute Gasteiger partial charge is 0.258 e. The monoisotopic (exact) mass is 292 g/mol. The molecule has 4 heteroatoms. The van der Waals surface area contributed by atoms with E-state index in [0.29, 0.717) is 5.56 Å². The number of hydrogen-bond donors (Lipinski definition) is 0. The van der Waals surface area contributed by atoms with Crippen molar-refractivity contribution in [2.75, 3.05) is 0 Å². The first-order valence-electron chi connectivity index (χ1n) is 7.09. The molecule has 1 aromatic heterocycles. The second-order valence-corrected chi connectivity index (χ2v) is 5.57. The molecule has 0 radical (unpaired) electrons. The highest BCUT2D eigenvalue weighted by molar-refractivity contribution is 6.01. The van der Waals surface area contributed by atoms with Gasteiger partial charge in [-0.1, -0.05) is 35.9 Å². The summed E-state index contributed by atoms with van der Waals surface area (Å²) in [6.07, 6.45) is 1.37. The van der Waals surface area contributed by atoms with Gasteiger partial charge in [0.2, 0.25) is 0 Å². The van der Waals surface area contributed by atoms with Gasteiger partial charge in [0.25, 0.3) is 5.69 Å². The van der Waals surface area contributed by atoms with Gasteiger partial charge < -0.3 is 0 Å². The molecule has 1 heterocycles. The molecule has 0 saturated carbocycles. The highest BCUT2D eigenvalue weighted by Crippen LogP contribution is 2.38. The van der Waals surface area contributed by atoms with E-state index in [1.807, 2.05) is 57.2 Å². The van der Waals surface area contributed by atoms with Crippen molar-refractivity contribution in [1.29, 1.82) is 0 Å². The van der Waals surface area contributed by atoms with Gasteiger partial charge in [0.15, 0.2) is 0 Å². The molecule has 0 aliphatic carbocycles. The van der Waals surface area contributed by atoms with Crippen LogP contribution in [0.3, 0.4) is 0 Å². The molecule has 2 aromatic carbocycles. The molecule has 4 nitrogen and oxygen atoms in total. The minimum atomic E-state index is -0.355. The molecule has 0 unspecified atom stereocenters. The summed E-state index contributed by atoms with van der Waals surface area (Å²) >= 11 is 0. The molecule has 0 spiro atoms. The molecule has 110 valence electrons. The third-order valence-corrected chi connectivity index (χ3v) is 3.90. The molecule has 0 fully saturated rings. The molecule has 0 aliphatic heterocycles. The van der Waals surface area contributed by atoms with E-state index in [0.717, 1.165) is 33.2 Å². The molecule has 0 N–H and O–H groups in total. The van der Waals surface area contributed by atoms with Crippen molar-refractivity contribution in [1.82, 2.24) is 4.98 Å². The minimum absolute atomic E-state index is 0.0480. The van der Waals surface area contributed by atoms with Crippen LogP contribution in [0.1, 0.15) is 16.7 Å². The summed E-state index contributed by atoms with van der Waals surface area (Å²) in [6, 6.07) is 11.8. The van der Waals surface area contributed by atoms with E-state index in [1.165, 1.54) is 6.20 Å². The average molecular weight is 292 g/mol. The third-order valence-electron chi connectivity index (χ3n) is 3.90. The molecule has 0 atom stereocenters. The minimum Gasteiger partial charge on any atom is -0.258 e. The summed E-state index contributed by atoms with van der Waals surface area (Å²) in [5.41, 5.74) is 5.51. The number of benzene rings is 2. The molecule has 3 aromatic rings. The van der Waals surface area contributed by atoms with Crippen LogP contribution in [0, 0.1) is 30.9 Å². The van der Waals surface area contributed by atoms with Crippen molar-refractivity contribution < 1.29 is 4.92 Å². The van der Waals surface area contributed by atoms with Crippen molar-refractivity contribution in [2.45, 2.75) is 20.8 Å². The van der Waals surface area contributed by atoms with Crippen LogP contribution in [0.4, 0.5) is 5.69 Å². The number of aromatic nitrogens is 1. The summed E-state index contributed by atoms with van der Waals surface area (Å²) in [4.78, 5) is 15.4. The van der Waals surface area contributed by atoms with Gasteiger partial charge in [0, 0.05) is 5.39 Å². The molecular weight excluding hydrogens is 276 g/mol. The maximum absolute atomic E-state index is 11.5. The van der Waals surface area contributed by atoms with E-state index in [4.69, 9.17) is 0 Å². The second-order valence-electron chi connectivity index (χ2n) is 5.57. The van der Waals surface area contributed by atoms with Gasteiger partial charge in [-0.15, -0.1) is 0 Å². The van der Waals surface area contributed by atoms with E-state index in [-0.39, 0.29) is 10.6 Å². The number of pyridine rings is 1.